The van der Waals surface area contributed by atoms with E-state index in [1.54, 1.807) is 0 Å². The van der Waals surface area contributed by atoms with Crippen LogP contribution < -0.4 is 5.32 Å². The molecule has 5 nitrogen and oxygen atoms in total. The van der Waals surface area contributed by atoms with Crippen LogP contribution in [0.5, 0.6) is 0 Å². The lowest BCUT2D eigenvalue weighted by Crippen LogP contribution is -2.43. The Hall–Kier alpha value is -1.10. The molecule has 1 amide bonds. The second-order valence-corrected chi connectivity index (χ2v) is 5.80. The molecule has 1 aliphatic rings. The molecule has 0 aromatic carbocycles. The number of nitrogens with zero attached hydrogens (tertiary/aromatic N) is 1. The van der Waals surface area contributed by atoms with Crippen molar-refractivity contribution in [3.8, 4) is 0 Å². The van der Waals surface area contributed by atoms with Crippen molar-refractivity contribution >= 4 is 11.9 Å². The third kappa shape index (κ3) is 3.22. The van der Waals surface area contributed by atoms with Crippen molar-refractivity contribution in [2.24, 2.45) is 11.3 Å². The van der Waals surface area contributed by atoms with Gasteiger partial charge in [0.1, 0.15) is 0 Å². The van der Waals surface area contributed by atoms with Crippen molar-refractivity contribution < 1.29 is 14.7 Å². The topological polar surface area (TPSA) is 69.6 Å². The molecule has 1 saturated heterocycles. The van der Waals surface area contributed by atoms with Crippen LogP contribution in [0.25, 0.3) is 0 Å². The number of amides is 1. The maximum Gasteiger partial charge on any atom is 0.311 e. The Morgan fingerprint density at radius 2 is 1.94 bits per heavy atom. The van der Waals surface area contributed by atoms with Crippen LogP contribution >= 0.6 is 0 Å². The molecule has 0 radical (unpaired) electrons. The summed E-state index contributed by atoms with van der Waals surface area (Å²) in [6.45, 7) is 9.13. The highest BCUT2D eigenvalue weighted by Crippen LogP contribution is 2.37. The number of likely N-dealkylation sites (tertiary alicyclic amines) is 1. The van der Waals surface area contributed by atoms with Crippen LogP contribution in [0.3, 0.4) is 0 Å². The molecule has 0 aromatic heterocycles. The molecule has 18 heavy (non-hydrogen) atoms. The van der Waals surface area contributed by atoms with E-state index in [-0.39, 0.29) is 17.9 Å². The molecule has 0 aromatic rings. The van der Waals surface area contributed by atoms with E-state index < -0.39 is 11.4 Å². The van der Waals surface area contributed by atoms with E-state index in [2.05, 4.69) is 5.32 Å². The normalized spacial score (nSPS) is 24.8. The van der Waals surface area contributed by atoms with Crippen LogP contribution in [-0.4, -0.2) is 47.6 Å². The summed E-state index contributed by atoms with van der Waals surface area (Å²) in [4.78, 5) is 25.0. The fourth-order valence-corrected chi connectivity index (χ4v) is 2.51. The van der Waals surface area contributed by atoms with Crippen LogP contribution in [0.15, 0.2) is 0 Å². The zero-order valence-electron chi connectivity index (χ0n) is 11.7. The van der Waals surface area contributed by atoms with E-state index in [1.807, 2.05) is 32.6 Å². The quantitative estimate of drug-likeness (QED) is 0.768. The van der Waals surface area contributed by atoms with E-state index in [4.69, 9.17) is 0 Å². The van der Waals surface area contributed by atoms with Gasteiger partial charge in [-0.05, 0) is 32.7 Å². The Balaban J connectivity index is 2.59. The monoisotopic (exact) mass is 256 g/mol. The van der Waals surface area contributed by atoms with Crippen molar-refractivity contribution in [3.05, 3.63) is 0 Å². The van der Waals surface area contributed by atoms with Crippen molar-refractivity contribution in [3.63, 3.8) is 0 Å². The van der Waals surface area contributed by atoms with Crippen LogP contribution in [0, 0.1) is 11.3 Å². The lowest BCUT2D eigenvalue weighted by atomic mass is 9.76. The second-order valence-electron chi connectivity index (χ2n) is 5.80. The molecular formula is C13H24N2O3. The Morgan fingerprint density at radius 3 is 2.33 bits per heavy atom. The molecule has 0 spiro atoms. The Labute approximate surface area is 109 Å². The zero-order valence-corrected chi connectivity index (χ0v) is 11.7. The van der Waals surface area contributed by atoms with E-state index in [1.165, 1.54) is 0 Å². The summed E-state index contributed by atoms with van der Waals surface area (Å²) in [5.41, 5.74) is -0.696. The highest BCUT2D eigenvalue weighted by molar-refractivity contribution is 5.79. The molecule has 0 saturated carbocycles. The molecular weight excluding hydrogens is 232 g/mol. The lowest BCUT2D eigenvalue weighted by molar-refractivity contribution is -0.151. The van der Waals surface area contributed by atoms with Crippen molar-refractivity contribution in [1.82, 2.24) is 10.2 Å². The first-order chi connectivity index (χ1) is 8.28. The SMILES string of the molecule is CC(C)NC(=O)CN1CCC(C(=O)O)(C(C)C)C1. The van der Waals surface area contributed by atoms with Gasteiger partial charge in [-0.1, -0.05) is 13.8 Å². The molecule has 1 aliphatic heterocycles. The lowest BCUT2D eigenvalue weighted by Gasteiger charge is -2.28. The Kier molecular flexibility index (Phi) is 4.73. The van der Waals surface area contributed by atoms with Gasteiger partial charge in [0, 0.05) is 12.6 Å². The minimum absolute atomic E-state index is 0.0325. The summed E-state index contributed by atoms with van der Waals surface area (Å²) < 4.78 is 0. The number of nitrogens with one attached hydrogen (secondary N) is 1. The highest BCUT2D eigenvalue weighted by Gasteiger charge is 2.47. The fraction of sp³-hybridized carbons (Fsp3) is 0.846. The van der Waals surface area contributed by atoms with E-state index in [9.17, 15) is 14.7 Å². The average molecular weight is 256 g/mol. The van der Waals surface area contributed by atoms with Gasteiger partial charge in [-0.2, -0.15) is 0 Å². The smallest absolute Gasteiger partial charge is 0.311 e. The van der Waals surface area contributed by atoms with Crippen molar-refractivity contribution in [1.29, 1.82) is 0 Å². The predicted octanol–water partition coefficient (Wildman–Crippen LogP) is 0.944. The zero-order chi connectivity index (χ0) is 13.9. The second kappa shape index (κ2) is 5.69. The van der Waals surface area contributed by atoms with Gasteiger partial charge in [-0.25, -0.2) is 0 Å². The molecule has 5 heteroatoms. The fourth-order valence-electron chi connectivity index (χ4n) is 2.51. The van der Waals surface area contributed by atoms with Crippen LogP contribution in [0.2, 0.25) is 0 Å². The van der Waals surface area contributed by atoms with Crippen LogP contribution in [0.4, 0.5) is 0 Å². The van der Waals surface area contributed by atoms with E-state index in [0.717, 1.165) is 0 Å². The first-order valence-electron chi connectivity index (χ1n) is 6.53. The van der Waals surface area contributed by atoms with Gasteiger partial charge in [0.05, 0.1) is 12.0 Å². The maximum absolute atomic E-state index is 11.7. The number of hydrogen-bond acceptors (Lipinski definition) is 3. The molecule has 1 unspecified atom stereocenters. The molecule has 1 heterocycles. The summed E-state index contributed by atoms with van der Waals surface area (Å²) in [7, 11) is 0. The first-order valence-corrected chi connectivity index (χ1v) is 6.53. The summed E-state index contributed by atoms with van der Waals surface area (Å²) in [6, 6.07) is 0.120. The minimum Gasteiger partial charge on any atom is -0.481 e. The van der Waals surface area contributed by atoms with Gasteiger partial charge in [-0.3, -0.25) is 14.5 Å². The summed E-state index contributed by atoms with van der Waals surface area (Å²) in [5.74, 6) is -0.702. The van der Waals surface area contributed by atoms with Crippen molar-refractivity contribution in [2.75, 3.05) is 19.6 Å². The highest BCUT2D eigenvalue weighted by atomic mass is 16.4. The first kappa shape index (κ1) is 15.0. The average Bonchev–Trinajstić information content (AvgIpc) is 2.61. The third-order valence-electron chi connectivity index (χ3n) is 3.73. The van der Waals surface area contributed by atoms with Gasteiger partial charge < -0.3 is 10.4 Å². The number of hydrogen-bond donors (Lipinski definition) is 2. The van der Waals surface area contributed by atoms with Crippen LogP contribution in [0.1, 0.15) is 34.1 Å². The van der Waals surface area contributed by atoms with E-state index in [0.29, 0.717) is 26.1 Å². The third-order valence-corrected chi connectivity index (χ3v) is 3.73. The summed E-state index contributed by atoms with van der Waals surface area (Å²) in [5, 5.41) is 12.2. The Bertz CT molecular complexity index is 328. The molecule has 1 rings (SSSR count). The van der Waals surface area contributed by atoms with Crippen LogP contribution in [-0.2, 0) is 9.59 Å². The van der Waals surface area contributed by atoms with Crippen molar-refractivity contribution in [2.45, 2.75) is 40.2 Å². The summed E-state index contributed by atoms with van der Waals surface area (Å²) in [6.07, 6.45) is 0.620. The number of carboxylic acid groups (broad SMARTS) is 1. The Morgan fingerprint density at radius 1 is 1.33 bits per heavy atom. The number of aliphatic carboxylic acids is 1. The molecule has 1 atom stereocenters. The minimum atomic E-state index is -0.746. The molecule has 1 fully saturated rings. The molecule has 0 bridgehead atoms. The number of rotatable bonds is 5. The van der Waals surface area contributed by atoms with Gasteiger partial charge in [0.2, 0.25) is 5.91 Å². The number of carbonyl (C=O) groups is 2. The molecule has 2 N–H and O–H groups in total. The summed E-state index contributed by atoms with van der Waals surface area (Å²) >= 11 is 0. The van der Waals surface area contributed by atoms with Gasteiger partial charge in [0.25, 0.3) is 0 Å². The van der Waals surface area contributed by atoms with Gasteiger partial charge in [-0.15, -0.1) is 0 Å². The predicted molar refractivity (Wildman–Crippen MR) is 69.2 cm³/mol. The molecule has 0 aliphatic carbocycles. The molecule has 104 valence electrons. The maximum atomic E-state index is 11.7. The number of carboxylic acids is 1. The largest absolute Gasteiger partial charge is 0.481 e. The number of carbonyl (C=O) groups excluding carboxylic acids is 1. The standard InChI is InChI=1S/C13H24N2O3/c1-9(2)13(12(17)18)5-6-15(8-13)7-11(16)14-10(3)4/h9-10H,5-8H2,1-4H3,(H,14,16)(H,17,18). The van der Waals surface area contributed by atoms with E-state index >= 15 is 0 Å². The van der Waals surface area contributed by atoms with Gasteiger partial charge >= 0.3 is 5.97 Å². The van der Waals surface area contributed by atoms with Gasteiger partial charge in [0.15, 0.2) is 0 Å².